The number of nitrogens with zero attached hydrogens (tertiary/aromatic N) is 2. The van der Waals surface area contributed by atoms with Crippen molar-refractivity contribution in [1.82, 2.24) is 4.98 Å². The van der Waals surface area contributed by atoms with Gasteiger partial charge in [0.15, 0.2) is 0 Å². The van der Waals surface area contributed by atoms with Crippen LogP contribution in [0.15, 0.2) is 36.5 Å². The lowest BCUT2D eigenvalue weighted by atomic mass is 10.2. The van der Waals surface area contributed by atoms with Crippen molar-refractivity contribution >= 4 is 11.6 Å². The van der Waals surface area contributed by atoms with Gasteiger partial charge in [-0.05, 0) is 30.3 Å². The number of benzene rings is 1. The number of nitrogens with one attached hydrogen (secondary N) is 1. The molecule has 1 heterocycles. The van der Waals surface area contributed by atoms with Gasteiger partial charge in [0.2, 0.25) is 0 Å². The Hall–Kier alpha value is -2.78. The predicted molar refractivity (Wildman–Crippen MR) is 71.2 cm³/mol. The van der Waals surface area contributed by atoms with Crippen LogP contribution in [0.1, 0.15) is 21.6 Å². The molecule has 0 bridgehead atoms. The van der Waals surface area contributed by atoms with Gasteiger partial charge in [0.1, 0.15) is 5.82 Å². The molecule has 0 aliphatic heterocycles. The lowest BCUT2D eigenvalue weighted by Crippen LogP contribution is -2.14. The minimum atomic E-state index is -0.662. The van der Waals surface area contributed by atoms with Gasteiger partial charge in [-0.25, -0.2) is 4.39 Å². The number of pyridine rings is 1. The Morgan fingerprint density at radius 1 is 1.40 bits per heavy atom. The number of amides is 1. The molecule has 0 atom stereocenters. The van der Waals surface area contributed by atoms with Crippen LogP contribution in [0.25, 0.3) is 0 Å². The van der Waals surface area contributed by atoms with Crippen LogP contribution < -0.4 is 11.1 Å². The monoisotopic (exact) mass is 270 g/mol. The molecule has 0 spiro atoms. The fourth-order valence-corrected chi connectivity index (χ4v) is 1.61. The molecule has 0 saturated heterocycles. The molecule has 1 aromatic heterocycles. The summed E-state index contributed by atoms with van der Waals surface area (Å²) in [6, 6.07) is 8.70. The van der Waals surface area contributed by atoms with Crippen LogP contribution in [0.3, 0.4) is 0 Å². The summed E-state index contributed by atoms with van der Waals surface area (Å²) in [5.74, 6) is -1.13. The highest BCUT2D eigenvalue weighted by atomic mass is 19.1. The number of nitrogens with two attached hydrogens (primary N) is 1. The highest BCUT2D eigenvalue weighted by molar-refractivity contribution is 6.04. The van der Waals surface area contributed by atoms with Crippen LogP contribution in [0, 0.1) is 17.1 Å². The molecule has 0 fully saturated rings. The summed E-state index contributed by atoms with van der Waals surface area (Å²) in [4.78, 5) is 15.9. The third kappa shape index (κ3) is 2.96. The first-order chi connectivity index (χ1) is 9.63. The lowest BCUT2D eigenvalue weighted by Gasteiger charge is -2.07. The maximum absolute atomic E-state index is 13.7. The molecule has 0 unspecified atom stereocenters. The van der Waals surface area contributed by atoms with E-state index in [-0.39, 0.29) is 17.8 Å². The van der Waals surface area contributed by atoms with Crippen LogP contribution in [-0.4, -0.2) is 10.9 Å². The molecule has 20 heavy (non-hydrogen) atoms. The minimum Gasteiger partial charge on any atom is -0.325 e. The molecule has 1 amide bonds. The molecule has 5 nitrogen and oxygen atoms in total. The van der Waals surface area contributed by atoms with Crippen molar-refractivity contribution in [3.05, 3.63) is 59.2 Å². The van der Waals surface area contributed by atoms with Crippen LogP contribution in [0.5, 0.6) is 0 Å². The largest absolute Gasteiger partial charge is 0.325 e. The number of carbonyl (C=O) groups is 1. The average Bonchev–Trinajstić information content (AvgIpc) is 2.49. The third-order valence-electron chi connectivity index (χ3n) is 2.63. The van der Waals surface area contributed by atoms with Gasteiger partial charge >= 0.3 is 0 Å². The molecule has 1 aromatic carbocycles. The minimum absolute atomic E-state index is 0.0140. The van der Waals surface area contributed by atoms with E-state index in [1.54, 1.807) is 0 Å². The second kappa shape index (κ2) is 5.91. The van der Waals surface area contributed by atoms with Gasteiger partial charge in [0.25, 0.3) is 5.91 Å². The number of nitriles is 1. The molecule has 100 valence electrons. The number of rotatable bonds is 3. The Labute approximate surface area is 114 Å². The summed E-state index contributed by atoms with van der Waals surface area (Å²) < 4.78 is 13.7. The van der Waals surface area contributed by atoms with Crippen molar-refractivity contribution in [3.63, 3.8) is 0 Å². The highest BCUT2D eigenvalue weighted by Crippen LogP contribution is 2.16. The lowest BCUT2D eigenvalue weighted by molar-refractivity contribution is 0.102. The molecule has 0 aliphatic carbocycles. The quantitative estimate of drug-likeness (QED) is 0.889. The van der Waals surface area contributed by atoms with Crippen molar-refractivity contribution in [3.8, 4) is 6.07 Å². The third-order valence-corrected chi connectivity index (χ3v) is 2.63. The van der Waals surface area contributed by atoms with E-state index in [2.05, 4.69) is 10.3 Å². The molecular weight excluding hydrogens is 259 g/mol. The highest BCUT2D eigenvalue weighted by Gasteiger charge is 2.10. The number of hydrogen-bond acceptors (Lipinski definition) is 4. The zero-order valence-electron chi connectivity index (χ0n) is 10.4. The molecular formula is C14H11FN4O. The number of carbonyl (C=O) groups excluding carboxylic acids is 1. The van der Waals surface area contributed by atoms with Gasteiger partial charge in [-0.1, -0.05) is 0 Å². The molecule has 2 rings (SSSR count). The number of halogens is 1. The second-order valence-electron chi connectivity index (χ2n) is 4.00. The van der Waals surface area contributed by atoms with Crippen LogP contribution in [-0.2, 0) is 6.54 Å². The Bertz CT molecular complexity index is 694. The van der Waals surface area contributed by atoms with E-state index in [1.807, 2.05) is 6.07 Å². The maximum Gasteiger partial charge on any atom is 0.255 e. The fraction of sp³-hybridized carbons (Fsp3) is 0.0714. The van der Waals surface area contributed by atoms with E-state index in [9.17, 15) is 9.18 Å². The van der Waals surface area contributed by atoms with E-state index in [4.69, 9.17) is 11.0 Å². The summed E-state index contributed by atoms with van der Waals surface area (Å²) in [7, 11) is 0. The Morgan fingerprint density at radius 2 is 2.20 bits per heavy atom. The average molecular weight is 270 g/mol. The first-order valence-corrected chi connectivity index (χ1v) is 5.80. The van der Waals surface area contributed by atoms with Crippen molar-refractivity contribution in [2.75, 3.05) is 5.32 Å². The summed E-state index contributed by atoms with van der Waals surface area (Å²) in [6.45, 7) is 0.215. The predicted octanol–water partition coefficient (Wildman–Crippen LogP) is 1.80. The smallest absolute Gasteiger partial charge is 0.255 e. The van der Waals surface area contributed by atoms with Gasteiger partial charge < -0.3 is 11.1 Å². The van der Waals surface area contributed by atoms with Crippen molar-refractivity contribution in [2.45, 2.75) is 6.54 Å². The van der Waals surface area contributed by atoms with E-state index < -0.39 is 11.7 Å². The van der Waals surface area contributed by atoms with Gasteiger partial charge in [-0.15, -0.1) is 0 Å². The topological polar surface area (TPSA) is 91.8 Å². The molecule has 0 aliphatic rings. The van der Waals surface area contributed by atoms with Crippen molar-refractivity contribution in [2.24, 2.45) is 5.73 Å². The normalized spacial score (nSPS) is 9.85. The van der Waals surface area contributed by atoms with E-state index in [0.29, 0.717) is 11.3 Å². The summed E-state index contributed by atoms with van der Waals surface area (Å²) in [6.07, 6.45) is 1.46. The van der Waals surface area contributed by atoms with E-state index >= 15 is 0 Å². The van der Waals surface area contributed by atoms with Gasteiger partial charge in [0, 0.05) is 18.3 Å². The van der Waals surface area contributed by atoms with Crippen LogP contribution >= 0.6 is 0 Å². The number of aromatic nitrogens is 1. The standard InChI is InChI=1S/C14H11FN4O/c15-12-5-9(7-16)1-2-13(12)19-14(20)10-3-4-18-11(6-10)8-17/h1-6H,8,17H2,(H,19,20). The number of anilines is 1. The molecule has 3 N–H and O–H groups in total. The van der Waals surface area contributed by atoms with Gasteiger partial charge in [-0.2, -0.15) is 5.26 Å². The van der Waals surface area contributed by atoms with E-state index in [1.165, 1.54) is 30.5 Å². The molecule has 0 radical (unpaired) electrons. The Balaban J connectivity index is 2.21. The van der Waals surface area contributed by atoms with Crippen LogP contribution in [0.2, 0.25) is 0 Å². The van der Waals surface area contributed by atoms with Gasteiger partial charge in [-0.3, -0.25) is 9.78 Å². The number of hydrogen-bond donors (Lipinski definition) is 2. The molecule has 0 saturated carbocycles. The first-order valence-electron chi connectivity index (χ1n) is 5.80. The van der Waals surface area contributed by atoms with Gasteiger partial charge in [0.05, 0.1) is 23.0 Å². The fourth-order valence-electron chi connectivity index (χ4n) is 1.61. The summed E-state index contributed by atoms with van der Waals surface area (Å²) >= 11 is 0. The molecule has 2 aromatic rings. The summed E-state index contributed by atoms with van der Waals surface area (Å²) in [5.41, 5.74) is 6.55. The first kappa shape index (κ1) is 13.6. The van der Waals surface area contributed by atoms with Crippen molar-refractivity contribution < 1.29 is 9.18 Å². The zero-order chi connectivity index (χ0) is 14.5. The molecule has 6 heteroatoms. The Kier molecular flexibility index (Phi) is 4.03. The van der Waals surface area contributed by atoms with Crippen LogP contribution in [0.4, 0.5) is 10.1 Å². The van der Waals surface area contributed by atoms with E-state index in [0.717, 1.165) is 6.07 Å². The summed E-state index contributed by atoms with van der Waals surface area (Å²) in [5, 5.41) is 11.1. The SMILES string of the molecule is N#Cc1ccc(NC(=O)c2ccnc(CN)c2)c(F)c1. The van der Waals surface area contributed by atoms with Crippen molar-refractivity contribution in [1.29, 1.82) is 5.26 Å². The Morgan fingerprint density at radius 3 is 2.85 bits per heavy atom. The maximum atomic E-state index is 13.7. The second-order valence-corrected chi connectivity index (χ2v) is 4.00. The zero-order valence-corrected chi connectivity index (χ0v) is 10.4.